The van der Waals surface area contributed by atoms with E-state index in [4.69, 9.17) is 15.2 Å². The summed E-state index contributed by atoms with van der Waals surface area (Å²) in [5.74, 6) is 1.89. The Bertz CT molecular complexity index is 1060. The van der Waals surface area contributed by atoms with Gasteiger partial charge in [0.2, 0.25) is 0 Å². The highest BCUT2D eigenvalue weighted by molar-refractivity contribution is 5.80. The Hall–Kier alpha value is -3.17. The smallest absolute Gasteiger partial charge is 0.172 e. The molecule has 0 radical (unpaired) electrons. The van der Waals surface area contributed by atoms with Crippen molar-refractivity contribution in [3.8, 4) is 6.07 Å². The van der Waals surface area contributed by atoms with Crippen molar-refractivity contribution in [2.45, 2.75) is 25.4 Å². The zero-order valence-electron chi connectivity index (χ0n) is 16.4. The van der Waals surface area contributed by atoms with Crippen molar-refractivity contribution in [1.82, 2.24) is 14.9 Å². The molecule has 2 heterocycles. The van der Waals surface area contributed by atoms with E-state index in [1.807, 2.05) is 42.5 Å². The first-order chi connectivity index (χ1) is 14.3. The number of piperazine rings is 1. The Balaban J connectivity index is 1.32. The molecule has 1 aromatic heterocycles. The van der Waals surface area contributed by atoms with E-state index >= 15 is 0 Å². The van der Waals surface area contributed by atoms with Crippen molar-refractivity contribution < 1.29 is 0 Å². The number of para-hydroxylation sites is 2. The highest BCUT2D eigenvalue weighted by Crippen LogP contribution is 2.31. The third-order valence-corrected chi connectivity index (χ3v) is 5.60. The van der Waals surface area contributed by atoms with Crippen LogP contribution in [0.3, 0.4) is 0 Å². The molecule has 1 aliphatic heterocycles. The molecule has 0 amide bonds. The molecule has 2 aliphatic rings. The Kier molecular flexibility index (Phi) is 4.74. The van der Waals surface area contributed by atoms with Gasteiger partial charge in [0.05, 0.1) is 22.7 Å². The van der Waals surface area contributed by atoms with Gasteiger partial charge in [0.15, 0.2) is 11.6 Å². The van der Waals surface area contributed by atoms with Crippen LogP contribution in [-0.2, 0) is 6.54 Å². The normalized spacial score (nSPS) is 17.3. The lowest BCUT2D eigenvalue weighted by Crippen LogP contribution is -2.46. The van der Waals surface area contributed by atoms with Gasteiger partial charge < -0.3 is 10.2 Å². The van der Waals surface area contributed by atoms with Crippen LogP contribution in [0.2, 0.25) is 0 Å². The number of fused-ring (bicyclic) bond motifs is 1. The molecule has 0 atom stereocenters. The molecule has 0 bridgehead atoms. The van der Waals surface area contributed by atoms with E-state index in [1.165, 1.54) is 18.4 Å². The van der Waals surface area contributed by atoms with E-state index in [9.17, 15) is 0 Å². The van der Waals surface area contributed by atoms with E-state index in [0.717, 1.165) is 61.0 Å². The van der Waals surface area contributed by atoms with Gasteiger partial charge in [-0.2, -0.15) is 5.26 Å². The van der Waals surface area contributed by atoms with Crippen LogP contribution >= 0.6 is 0 Å². The fourth-order valence-corrected chi connectivity index (χ4v) is 3.84. The minimum Gasteiger partial charge on any atom is -0.364 e. The van der Waals surface area contributed by atoms with E-state index in [0.29, 0.717) is 6.04 Å². The first-order valence-electron chi connectivity index (χ1n) is 10.3. The summed E-state index contributed by atoms with van der Waals surface area (Å²) >= 11 is 0. The molecule has 2 fully saturated rings. The summed E-state index contributed by atoms with van der Waals surface area (Å²) in [4.78, 5) is 14.6. The second-order valence-corrected chi connectivity index (χ2v) is 7.88. The summed E-state index contributed by atoms with van der Waals surface area (Å²) in [6.07, 6.45) is 2.42. The maximum absolute atomic E-state index is 9.11. The minimum absolute atomic E-state index is 0.540. The quantitative estimate of drug-likeness (QED) is 0.727. The van der Waals surface area contributed by atoms with Crippen LogP contribution in [0.25, 0.3) is 11.0 Å². The van der Waals surface area contributed by atoms with Crippen LogP contribution in [0, 0.1) is 11.3 Å². The fourth-order valence-electron chi connectivity index (χ4n) is 3.84. The van der Waals surface area contributed by atoms with Crippen LogP contribution in [0.5, 0.6) is 0 Å². The molecular formula is C23H24N6. The second-order valence-electron chi connectivity index (χ2n) is 7.88. The molecule has 1 N–H and O–H groups in total. The van der Waals surface area contributed by atoms with Crippen molar-refractivity contribution in [3.05, 3.63) is 59.7 Å². The summed E-state index contributed by atoms with van der Waals surface area (Å²) in [6.45, 7) is 4.65. The molecular weight excluding hydrogens is 360 g/mol. The number of anilines is 2. The predicted molar refractivity (Wildman–Crippen MR) is 115 cm³/mol. The van der Waals surface area contributed by atoms with Gasteiger partial charge in [-0.25, -0.2) is 9.97 Å². The zero-order chi connectivity index (χ0) is 19.6. The average Bonchev–Trinajstić information content (AvgIpc) is 3.58. The van der Waals surface area contributed by atoms with Gasteiger partial charge in [-0.05, 0) is 42.7 Å². The van der Waals surface area contributed by atoms with E-state index in [2.05, 4.69) is 27.3 Å². The number of rotatable bonds is 5. The number of aromatic nitrogens is 2. The summed E-state index contributed by atoms with van der Waals surface area (Å²) in [6, 6.07) is 18.8. The summed E-state index contributed by atoms with van der Waals surface area (Å²) in [5.41, 5.74) is 3.80. The summed E-state index contributed by atoms with van der Waals surface area (Å²) in [7, 11) is 0. The maximum Gasteiger partial charge on any atom is 0.172 e. The standard InChI is InChI=1S/C23H24N6/c24-15-17-4-3-5-18(14-17)16-28-10-12-29(13-11-28)23-22(25-19-8-9-19)26-20-6-1-2-7-21(20)27-23/h1-7,14,19H,8-13,16H2,(H,25,26). The van der Waals surface area contributed by atoms with Gasteiger partial charge in [0, 0.05) is 38.8 Å². The first kappa shape index (κ1) is 17.9. The van der Waals surface area contributed by atoms with Crippen LogP contribution in [0.4, 0.5) is 11.6 Å². The summed E-state index contributed by atoms with van der Waals surface area (Å²) < 4.78 is 0. The number of nitrogens with zero attached hydrogens (tertiary/aromatic N) is 5. The molecule has 1 saturated carbocycles. The van der Waals surface area contributed by atoms with Gasteiger partial charge in [0.1, 0.15) is 0 Å². The molecule has 5 rings (SSSR count). The molecule has 146 valence electrons. The third-order valence-electron chi connectivity index (χ3n) is 5.60. The number of hydrogen-bond donors (Lipinski definition) is 1. The van der Waals surface area contributed by atoms with Gasteiger partial charge in [-0.1, -0.05) is 24.3 Å². The molecule has 0 unspecified atom stereocenters. The Labute approximate surface area is 170 Å². The fraction of sp³-hybridized carbons (Fsp3) is 0.348. The average molecular weight is 384 g/mol. The molecule has 1 saturated heterocycles. The largest absolute Gasteiger partial charge is 0.364 e. The lowest BCUT2D eigenvalue weighted by molar-refractivity contribution is 0.249. The van der Waals surface area contributed by atoms with Gasteiger partial charge in [0.25, 0.3) is 0 Å². The lowest BCUT2D eigenvalue weighted by Gasteiger charge is -2.36. The maximum atomic E-state index is 9.11. The van der Waals surface area contributed by atoms with E-state index < -0.39 is 0 Å². The third kappa shape index (κ3) is 4.01. The van der Waals surface area contributed by atoms with Crippen molar-refractivity contribution in [1.29, 1.82) is 5.26 Å². The predicted octanol–water partition coefficient (Wildman–Crippen LogP) is 3.40. The Morgan fingerprint density at radius 2 is 1.72 bits per heavy atom. The highest BCUT2D eigenvalue weighted by Gasteiger charge is 2.26. The topological polar surface area (TPSA) is 68.1 Å². The van der Waals surface area contributed by atoms with Crippen LogP contribution in [-0.4, -0.2) is 47.1 Å². The van der Waals surface area contributed by atoms with E-state index in [1.54, 1.807) is 0 Å². The van der Waals surface area contributed by atoms with Crippen molar-refractivity contribution in [2.75, 3.05) is 36.4 Å². The second kappa shape index (κ2) is 7.69. The molecule has 29 heavy (non-hydrogen) atoms. The Morgan fingerprint density at radius 3 is 2.45 bits per heavy atom. The first-order valence-corrected chi connectivity index (χ1v) is 10.3. The Morgan fingerprint density at radius 1 is 0.966 bits per heavy atom. The van der Waals surface area contributed by atoms with Crippen LogP contribution < -0.4 is 10.2 Å². The van der Waals surface area contributed by atoms with Crippen molar-refractivity contribution in [2.24, 2.45) is 0 Å². The number of hydrogen-bond acceptors (Lipinski definition) is 6. The van der Waals surface area contributed by atoms with Gasteiger partial charge >= 0.3 is 0 Å². The molecule has 6 nitrogen and oxygen atoms in total. The minimum atomic E-state index is 0.540. The van der Waals surface area contributed by atoms with Gasteiger partial charge in [-0.3, -0.25) is 4.90 Å². The molecule has 3 aromatic rings. The molecule has 1 aliphatic carbocycles. The van der Waals surface area contributed by atoms with Gasteiger partial charge in [-0.15, -0.1) is 0 Å². The SMILES string of the molecule is N#Cc1cccc(CN2CCN(c3nc4ccccc4nc3NC3CC3)CC2)c1. The van der Waals surface area contributed by atoms with Crippen molar-refractivity contribution in [3.63, 3.8) is 0 Å². The number of nitrogens with one attached hydrogen (secondary N) is 1. The van der Waals surface area contributed by atoms with E-state index in [-0.39, 0.29) is 0 Å². The monoisotopic (exact) mass is 384 g/mol. The lowest BCUT2D eigenvalue weighted by atomic mass is 10.1. The molecule has 2 aromatic carbocycles. The highest BCUT2D eigenvalue weighted by atomic mass is 15.3. The summed E-state index contributed by atoms with van der Waals surface area (Å²) in [5, 5.41) is 12.7. The van der Waals surface area contributed by atoms with Crippen LogP contribution in [0.1, 0.15) is 24.0 Å². The van der Waals surface area contributed by atoms with Crippen LogP contribution in [0.15, 0.2) is 48.5 Å². The number of nitriles is 1. The van der Waals surface area contributed by atoms with Crippen molar-refractivity contribution >= 4 is 22.7 Å². The number of benzene rings is 2. The zero-order valence-corrected chi connectivity index (χ0v) is 16.4. The molecule has 6 heteroatoms. The molecule has 0 spiro atoms.